The third kappa shape index (κ3) is 6.94. The summed E-state index contributed by atoms with van der Waals surface area (Å²) in [7, 11) is 0. The smallest absolute Gasteiger partial charge is 0.328 e. The first-order chi connectivity index (χ1) is 21.2. The minimum atomic E-state index is -0.723. The van der Waals surface area contributed by atoms with Gasteiger partial charge in [-0.3, -0.25) is 14.5 Å². The highest BCUT2D eigenvalue weighted by Gasteiger charge is 2.31. The van der Waals surface area contributed by atoms with Crippen LogP contribution in [0, 0.1) is 17.6 Å². The van der Waals surface area contributed by atoms with Crippen molar-refractivity contribution in [3.8, 4) is 11.5 Å². The van der Waals surface area contributed by atoms with Gasteiger partial charge in [-0.25, -0.2) is 18.6 Å². The molecule has 1 aliphatic heterocycles. The number of benzene rings is 2. The Hall–Kier alpha value is -5.06. The number of carbonyl (C=O) groups excluding carboxylic acids is 3. The number of aromatic nitrogens is 2. The predicted octanol–water partition coefficient (Wildman–Crippen LogP) is 7.41. The molecule has 1 aliphatic carbocycles. The first-order valence-electron chi connectivity index (χ1n) is 14.5. The van der Waals surface area contributed by atoms with Crippen molar-refractivity contribution < 1.29 is 27.9 Å². The summed E-state index contributed by atoms with van der Waals surface area (Å²) in [6.07, 6.45) is 6.74. The molecule has 0 saturated heterocycles. The zero-order valence-corrected chi connectivity index (χ0v) is 24.7. The molecule has 6 rings (SSSR count). The Labute approximate surface area is 253 Å². The molecule has 2 aromatic heterocycles. The maximum absolute atomic E-state index is 15.0. The number of rotatable bonds is 6. The maximum atomic E-state index is 15.0. The fraction of sp³-hybridized carbons (Fsp3) is 0.273. The molecule has 2 N–H and O–H groups in total. The summed E-state index contributed by atoms with van der Waals surface area (Å²) in [5.74, 6) is -0.978. The zero-order chi connectivity index (χ0) is 31.4. The van der Waals surface area contributed by atoms with E-state index < -0.39 is 23.6 Å². The number of halogens is 2. The molecule has 228 valence electrons. The van der Waals surface area contributed by atoms with Crippen molar-refractivity contribution in [2.45, 2.75) is 46.5 Å². The third-order valence-electron chi connectivity index (χ3n) is 7.01. The molecule has 0 unspecified atom stereocenters. The van der Waals surface area contributed by atoms with E-state index in [0.717, 1.165) is 29.4 Å². The lowest BCUT2D eigenvalue weighted by Gasteiger charge is -2.28. The molecule has 2 aliphatic rings. The lowest BCUT2D eigenvalue weighted by Crippen LogP contribution is -2.43. The molecule has 1 saturated carbocycles. The highest BCUT2D eigenvalue weighted by atomic mass is 19.1. The average Bonchev–Trinajstić information content (AvgIpc) is 3.76. The summed E-state index contributed by atoms with van der Waals surface area (Å²) < 4.78 is 35.7. The Morgan fingerprint density at radius 3 is 2.41 bits per heavy atom. The quantitative estimate of drug-likeness (QED) is 0.240. The largest absolute Gasteiger partial charge is 0.453 e. The van der Waals surface area contributed by atoms with E-state index in [1.165, 1.54) is 42.8 Å². The maximum Gasteiger partial charge on any atom is 0.328 e. The van der Waals surface area contributed by atoms with Crippen molar-refractivity contribution in [3.63, 3.8) is 0 Å². The first kappa shape index (κ1) is 30.4. The van der Waals surface area contributed by atoms with E-state index >= 15 is 0 Å². The molecule has 9 nitrogen and oxygen atoms in total. The number of imidazole rings is 1. The Kier molecular flexibility index (Phi) is 9.03. The molecule has 11 heteroatoms. The molecule has 0 spiro atoms. The predicted molar refractivity (Wildman–Crippen MR) is 163 cm³/mol. The Morgan fingerprint density at radius 1 is 1.00 bits per heavy atom. The molecule has 4 aromatic rings. The van der Waals surface area contributed by atoms with Crippen LogP contribution in [0.15, 0.2) is 72.6 Å². The number of amides is 4. The van der Waals surface area contributed by atoms with Gasteiger partial charge in [0.1, 0.15) is 17.2 Å². The van der Waals surface area contributed by atoms with E-state index in [1.807, 2.05) is 0 Å². The second-order valence-corrected chi connectivity index (χ2v) is 10.8. The number of nitrogens with one attached hydrogen (secondary N) is 2. The third-order valence-corrected chi connectivity index (χ3v) is 7.01. The second kappa shape index (κ2) is 13.1. The lowest BCUT2D eigenvalue weighted by atomic mass is 9.94. The van der Waals surface area contributed by atoms with Gasteiger partial charge in [-0.2, -0.15) is 0 Å². The van der Waals surface area contributed by atoms with Crippen LogP contribution in [0.5, 0.6) is 11.5 Å². The minimum Gasteiger partial charge on any atom is -0.453 e. The number of carbonyl (C=O) groups is 3. The summed E-state index contributed by atoms with van der Waals surface area (Å²) in [6, 6.07) is 12.1. The number of imide groups is 1. The van der Waals surface area contributed by atoms with E-state index in [-0.39, 0.29) is 29.8 Å². The van der Waals surface area contributed by atoms with Crippen molar-refractivity contribution >= 4 is 40.6 Å². The van der Waals surface area contributed by atoms with Gasteiger partial charge in [-0.15, -0.1) is 0 Å². The zero-order valence-electron chi connectivity index (χ0n) is 24.7. The number of pyridine rings is 1. The van der Waals surface area contributed by atoms with E-state index in [4.69, 9.17) is 4.74 Å². The number of urea groups is 1. The van der Waals surface area contributed by atoms with Crippen LogP contribution in [-0.2, 0) is 9.59 Å². The number of fused-ring (bicyclic) bond motifs is 1. The first-order valence-corrected chi connectivity index (χ1v) is 14.5. The van der Waals surface area contributed by atoms with Crippen LogP contribution in [0.1, 0.15) is 52.0 Å². The molecule has 3 heterocycles. The van der Waals surface area contributed by atoms with Crippen molar-refractivity contribution in [1.82, 2.24) is 14.3 Å². The van der Waals surface area contributed by atoms with Gasteiger partial charge in [0.15, 0.2) is 17.4 Å². The Morgan fingerprint density at radius 2 is 1.73 bits per heavy atom. The van der Waals surface area contributed by atoms with E-state index in [9.17, 15) is 23.2 Å². The van der Waals surface area contributed by atoms with Gasteiger partial charge in [0.05, 0.1) is 12.4 Å². The molecule has 1 fully saturated rings. The van der Waals surface area contributed by atoms with Crippen LogP contribution in [-0.4, -0.2) is 38.7 Å². The normalized spacial score (nSPS) is 14.7. The van der Waals surface area contributed by atoms with Crippen molar-refractivity contribution in [2.75, 3.05) is 17.2 Å². The number of ether oxygens (including phenoxy) is 1. The number of hydrogen-bond acceptors (Lipinski definition) is 5. The molecule has 0 radical (unpaired) electrons. The van der Waals surface area contributed by atoms with E-state index in [0.29, 0.717) is 34.8 Å². The monoisotopic (exact) mass is 601 g/mol. The van der Waals surface area contributed by atoms with Gasteiger partial charge in [0.25, 0.3) is 5.91 Å². The SMILES string of the molecule is CC1=C(c2ccc(F)cc2)C(=O)N(C(=O)Nc2ccc(Oc3ccc4nc(NC(=O)C5CC5)cn4c3)c(F)c2)CC1.CCC. The standard InChI is InChI=1S/C30H25F2N5O4.C3H8/c1-17-12-13-37(29(39)27(17)18-4-6-20(31)7-5-18)30(40)33-21-8-10-24(23(32)14-21)41-22-9-11-26-34-25(16-36(26)15-22)35-28(38)19-2-3-19;1-3-2/h4-11,14-16,19H,2-3,12-13H2,1H3,(H,33,40)(H,35,38);3H2,1-2H3. The minimum absolute atomic E-state index is 0.0507. The molecular formula is C33H33F2N5O4. The van der Waals surface area contributed by atoms with Crippen LogP contribution in [0.2, 0.25) is 0 Å². The fourth-order valence-electron chi connectivity index (χ4n) is 4.65. The van der Waals surface area contributed by atoms with E-state index in [2.05, 4.69) is 29.5 Å². The number of hydrogen-bond donors (Lipinski definition) is 2. The van der Waals surface area contributed by atoms with Gasteiger partial charge >= 0.3 is 6.03 Å². The van der Waals surface area contributed by atoms with Crippen LogP contribution < -0.4 is 15.4 Å². The molecule has 2 aromatic carbocycles. The van der Waals surface area contributed by atoms with Gasteiger partial charge in [0, 0.05) is 29.8 Å². The topological polar surface area (TPSA) is 105 Å². The summed E-state index contributed by atoms with van der Waals surface area (Å²) in [5.41, 5.74) is 2.39. The highest BCUT2D eigenvalue weighted by molar-refractivity contribution is 6.25. The van der Waals surface area contributed by atoms with Crippen molar-refractivity contribution in [1.29, 1.82) is 0 Å². The van der Waals surface area contributed by atoms with Crippen LogP contribution in [0.4, 0.5) is 25.1 Å². The fourth-order valence-corrected chi connectivity index (χ4v) is 4.65. The molecule has 0 atom stereocenters. The molecular weight excluding hydrogens is 568 g/mol. The van der Waals surface area contributed by atoms with E-state index in [1.54, 1.807) is 35.9 Å². The van der Waals surface area contributed by atoms with Gasteiger partial charge in [-0.1, -0.05) is 38.0 Å². The summed E-state index contributed by atoms with van der Waals surface area (Å²) >= 11 is 0. The Balaban J connectivity index is 0.00000123. The second-order valence-electron chi connectivity index (χ2n) is 10.8. The number of anilines is 2. The van der Waals surface area contributed by atoms with Crippen LogP contribution >= 0.6 is 0 Å². The summed E-state index contributed by atoms with van der Waals surface area (Å²) in [5, 5.41) is 5.35. The highest BCUT2D eigenvalue weighted by Crippen LogP contribution is 2.32. The van der Waals surface area contributed by atoms with Gasteiger partial charge < -0.3 is 19.8 Å². The van der Waals surface area contributed by atoms with Crippen LogP contribution in [0.3, 0.4) is 0 Å². The Bertz CT molecular complexity index is 1740. The molecule has 0 bridgehead atoms. The average molecular weight is 602 g/mol. The lowest BCUT2D eigenvalue weighted by molar-refractivity contribution is -0.122. The summed E-state index contributed by atoms with van der Waals surface area (Å²) in [6.45, 7) is 6.21. The van der Waals surface area contributed by atoms with Gasteiger partial charge in [0.2, 0.25) is 5.91 Å². The van der Waals surface area contributed by atoms with Crippen molar-refractivity contribution in [3.05, 3.63) is 89.8 Å². The van der Waals surface area contributed by atoms with Crippen molar-refractivity contribution in [2.24, 2.45) is 5.92 Å². The van der Waals surface area contributed by atoms with Gasteiger partial charge in [-0.05, 0) is 68.1 Å². The summed E-state index contributed by atoms with van der Waals surface area (Å²) in [4.78, 5) is 43.5. The molecule has 44 heavy (non-hydrogen) atoms. The molecule has 4 amide bonds. The number of nitrogens with zero attached hydrogens (tertiary/aromatic N) is 3. The van der Waals surface area contributed by atoms with Crippen LogP contribution in [0.25, 0.3) is 11.2 Å².